The van der Waals surface area contributed by atoms with E-state index in [1.54, 1.807) is 0 Å². The van der Waals surface area contributed by atoms with Gasteiger partial charge in [0.1, 0.15) is 5.60 Å². The van der Waals surface area contributed by atoms with Gasteiger partial charge in [0.05, 0.1) is 6.61 Å². The molecule has 5 nitrogen and oxygen atoms in total. The summed E-state index contributed by atoms with van der Waals surface area (Å²) in [5, 5.41) is 3.43. The highest BCUT2D eigenvalue weighted by Gasteiger charge is 2.37. The number of carbonyl (C=O) groups excluding carboxylic acids is 1. The molecule has 116 valence electrons. The van der Waals surface area contributed by atoms with Crippen LogP contribution in [0.5, 0.6) is 0 Å². The zero-order valence-corrected chi connectivity index (χ0v) is 13.1. The van der Waals surface area contributed by atoms with Gasteiger partial charge in [0.15, 0.2) is 0 Å². The number of hydrogen-bond acceptors (Lipinski definition) is 4. The van der Waals surface area contributed by atoms with Crippen molar-refractivity contribution < 1.29 is 14.3 Å². The van der Waals surface area contributed by atoms with Crippen LogP contribution in [0.4, 0.5) is 4.79 Å². The zero-order valence-electron chi connectivity index (χ0n) is 13.1. The van der Waals surface area contributed by atoms with Crippen LogP contribution in [0.3, 0.4) is 0 Å². The Labute approximate surface area is 122 Å². The van der Waals surface area contributed by atoms with Gasteiger partial charge in [-0.25, -0.2) is 4.79 Å². The number of nitrogens with one attached hydrogen (secondary N) is 1. The maximum Gasteiger partial charge on any atom is 0.410 e. The number of likely N-dealkylation sites (tertiary alicyclic amines) is 1. The molecule has 0 saturated carbocycles. The summed E-state index contributed by atoms with van der Waals surface area (Å²) >= 11 is 0. The van der Waals surface area contributed by atoms with Gasteiger partial charge in [-0.05, 0) is 46.6 Å². The molecule has 0 aromatic carbocycles. The van der Waals surface area contributed by atoms with Gasteiger partial charge in [0.2, 0.25) is 0 Å². The molecule has 0 spiro atoms. The molecule has 3 unspecified atom stereocenters. The molecule has 2 rings (SSSR count). The molecule has 5 heteroatoms. The molecule has 0 aromatic rings. The first kappa shape index (κ1) is 15.6. The first-order valence-electron chi connectivity index (χ1n) is 7.63. The number of ether oxygens (including phenoxy) is 2. The van der Waals surface area contributed by atoms with Crippen LogP contribution < -0.4 is 5.32 Å². The van der Waals surface area contributed by atoms with Crippen molar-refractivity contribution in [1.82, 2.24) is 10.2 Å². The maximum absolute atomic E-state index is 12.1. The molecule has 0 bridgehead atoms. The lowest BCUT2D eigenvalue weighted by molar-refractivity contribution is 0.0283. The van der Waals surface area contributed by atoms with Crippen molar-refractivity contribution in [3.8, 4) is 0 Å². The summed E-state index contributed by atoms with van der Waals surface area (Å²) in [6.45, 7) is 9.02. The molecular weight excluding hydrogens is 256 g/mol. The lowest BCUT2D eigenvalue weighted by Gasteiger charge is -2.28. The summed E-state index contributed by atoms with van der Waals surface area (Å²) < 4.78 is 10.9. The molecule has 20 heavy (non-hydrogen) atoms. The van der Waals surface area contributed by atoms with Gasteiger partial charge in [0, 0.05) is 31.7 Å². The first-order valence-corrected chi connectivity index (χ1v) is 7.63. The lowest BCUT2D eigenvalue weighted by Crippen LogP contribution is -2.43. The standard InChI is InChI=1S/C15H28N2O3/c1-15(2,3)20-14(18)17-7-5-11(9-17)13(16-4)12-6-8-19-10-12/h11-13,16H,5-10H2,1-4H3. The SMILES string of the molecule is CNC(C1CCOC1)C1CCN(C(=O)OC(C)(C)C)C1. The molecule has 2 saturated heterocycles. The van der Waals surface area contributed by atoms with E-state index in [9.17, 15) is 4.79 Å². The molecule has 0 radical (unpaired) electrons. The molecule has 3 atom stereocenters. The Kier molecular flexibility index (Phi) is 4.91. The fourth-order valence-electron chi connectivity index (χ4n) is 3.27. The maximum atomic E-state index is 12.1. The van der Waals surface area contributed by atoms with E-state index in [-0.39, 0.29) is 6.09 Å². The summed E-state index contributed by atoms with van der Waals surface area (Å²) in [5.41, 5.74) is -0.420. The fraction of sp³-hybridized carbons (Fsp3) is 0.933. The van der Waals surface area contributed by atoms with Crippen LogP contribution in [0.2, 0.25) is 0 Å². The molecule has 0 aliphatic carbocycles. The van der Waals surface area contributed by atoms with E-state index in [0.717, 1.165) is 39.1 Å². The van der Waals surface area contributed by atoms with Gasteiger partial charge in [0.25, 0.3) is 0 Å². The Bertz CT molecular complexity index is 335. The number of rotatable bonds is 3. The minimum atomic E-state index is -0.420. The number of carbonyl (C=O) groups is 1. The van der Waals surface area contributed by atoms with Crippen LogP contribution in [0, 0.1) is 11.8 Å². The molecule has 2 aliphatic heterocycles. The highest BCUT2D eigenvalue weighted by molar-refractivity contribution is 5.68. The van der Waals surface area contributed by atoms with Gasteiger partial charge in [-0.3, -0.25) is 0 Å². The van der Waals surface area contributed by atoms with E-state index < -0.39 is 5.60 Å². The Morgan fingerprint density at radius 3 is 2.65 bits per heavy atom. The number of amides is 1. The van der Waals surface area contributed by atoms with Crippen LogP contribution >= 0.6 is 0 Å². The molecular formula is C15H28N2O3. The number of hydrogen-bond donors (Lipinski definition) is 1. The van der Waals surface area contributed by atoms with Crippen molar-refractivity contribution in [2.45, 2.75) is 45.3 Å². The second kappa shape index (κ2) is 6.31. The average Bonchev–Trinajstić information content (AvgIpc) is 2.98. The second-order valence-corrected chi connectivity index (χ2v) is 6.91. The molecule has 2 heterocycles. The molecule has 1 N–H and O–H groups in total. The molecule has 1 amide bonds. The number of nitrogens with zero attached hydrogens (tertiary/aromatic N) is 1. The normalized spacial score (nSPS) is 28.7. The topological polar surface area (TPSA) is 50.8 Å². The summed E-state index contributed by atoms with van der Waals surface area (Å²) in [5.74, 6) is 1.07. The second-order valence-electron chi connectivity index (χ2n) is 6.91. The van der Waals surface area contributed by atoms with Gasteiger partial charge in [-0.1, -0.05) is 0 Å². The quantitative estimate of drug-likeness (QED) is 0.859. The summed E-state index contributed by atoms with van der Waals surface area (Å²) in [4.78, 5) is 13.9. The van der Waals surface area contributed by atoms with E-state index in [2.05, 4.69) is 5.32 Å². The van der Waals surface area contributed by atoms with Gasteiger partial charge >= 0.3 is 6.09 Å². The van der Waals surface area contributed by atoms with E-state index >= 15 is 0 Å². The Hall–Kier alpha value is -0.810. The van der Waals surface area contributed by atoms with Crippen LogP contribution in [0.1, 0.15) is 33.6 Å². The third kappa shape index (κ3) is 3.85. The first-order chi connectivity index (χ1) is 9.40. The summed E-state index contributed by atoms with van der Waals surface area (Å²) in [7, 11) is 2.01. The van der Waals surface area contributed by atoms with Crippen LogP contribution in [0.15, 0.2) is 0 Å². The predicted molar refractivity (Wildman–Crippen MR) is 77.7 cm³/mol. The van der Waals surface area contributed by atoms with Crippen LogP contribution in [-0.2, 0) is 9.47 Å². The summed E-state index contributed by atoms with van der Waals surface area (Å²) in [6.07, 6.45) is 1.98. The fourth-order valence-corrected chi connectivity index (χ4v) is 3.27. The van der Waals surface area contributed by atoms with Crippen molar-refractivity contribution in [2.24, 2.45) is 11.8 Å². The molecule has 2 aliphatic rings. The monoisotopic (exact) mass is 284 g/mol. The highest BCUT2D eigenvalue weighted by atomic mass is 16.6. The Morgan fingerprint density at radius 2 is 2.10 bits per heavy atom. The van der Waals surface area contributed by atoms with E-state index in [1.807, 2.05) is 32.7 Å². The Morgan fingerprint density at radius 1 is 1.35 bits per heavy atom. The van der Waals surface area contributed by atoms with Crippen molar-refractivity contribution in [3.63, 3.8) is 0 Å². The largest absolute Gasteiger partial charge is 0.444 e. The smallest absolute Gasteiger partial charge is 0.410 e. The van der Waals surface area contributed by atoms with Crippen molar-refractivity contribution >= 4 is 6.09 Å². The van der Waals surface area contributed by atoms with E-state index in [0.29, 0.717) is 17.9 Å². The Balaban J connectivity index is 1.88. The van der Waals surface area contributed by atoms with Crippen molar-refractivity contribution in [2.75, 3.05) is 33.4 Å². The predicted octanol–water partition coefficient (Wildman–Crippen LogP) is 1.87. The molecule has 2 fully saturated rings. The van der Waals surface area contributed by atoms with Gasteiger partial charge < -0.3 is 19.7 Å². The van der Waals surface area contributed by atoms with E-state index in [4.69, 9.17) is 9.47 Å². The van der Waals surface area contributed by atoms with Crippen molar-refractivity contribution in [1.29, 1.82) is 0 Å². The molecule has 0 aromatic heterocycles. The summed E-state index contributed by atoms with van der Waals surface area (Å²) in [6, 6.07) is 0.435. The van der Waals surface area contributed by atoms with Crippen molar-refractivity contribution in [3.05, 3.63) is 0 Å². The third-order valence-electron chi connectivity index (χ3n) is 4.19. The van der Waals surface area contributed by atoms with E-state index in [1.165, 1.54) is 0 Å². The minimum absolute atomic E-state index is 0.183. The lowest BCUT2D eigenvalue weighted by atomic mass is 9.87. The van der Waals surface area contributed by atoms with Gasteiger partial charge in [-0.2, -0.15) is 0 Å². The van der Waals surface area contributed by atoms with Gasteiger partial charge in [-0.15, -0.1) is 0 Å². The third-order valence-corrected chi connectivity index (χ3v) is 4.19. The minimum Gasteiger partial charge on any atom is -0.444 e. The van der Waals surface area contributed by atoms with Crippen LogP contribution in [0.25, 0.3) is 0 Å². The van der Waals surface area contributed by atoms with Crippen LogP contribution in [-0.4, -0.2) is 56.0 Å². The zero-order chi connectivity index (χ0) is 14.8. The average molecular weight is 284 g/mol. The highest BCUT2D eigenvalue weighted by Crippen LogP contribution is 2.29.